The Hall–Kier alpha value is -2.46. The van der Waals surface area contributed by atoms with Gasteiger partial charge in [-0.2, -0.15) is 0 Å². The van der Waals surface area contributed by atoms with Crippen LogP contribution < -0.4 is 0 Å². The maximum Gasteiger partial charge on any atom is 0.331 e. The minimum atomic E-state index is -0.496. The van der Waals surface area contributed by atoms with E-state index in [-0.39, 0.29) is 5.97 Å². The van der Waals surface area contributed by atoms with Gasteiger partial charge in [-0.25, -0.2) is 9.78 Å². The number of hydrogen-bond donors (Lipinski definition) is 0. The number of benzene rings is 2. The molecule has 0 fully saturated rings. The lowest BCUT2D eigenvalue weighted by Gasteiger charge is -2.18. The normalized spacial score (nSPS) is 12.0. The van der Waals surface area contributed by atoms with E-state index in [1.165, 1.54) is 6.08 Å². The molecule has 0 radical (unpaired) electrons. The highest BCUT2D eigenvalue weighted by Crippen LogP contribution is 2.34. The topological polar surface area (TPSA) is 39.2 Å². The maximum absolute atomic E-state index is 12.0. The number of ether oxygens (including phenoxy) is 1. The first-order valence-corrected chi connectivity index (χ1v) is 9.02. The third kappa shape index (κ3) is 4.15. The molecule has 2 aromatic carbocycles. The summed E-state index contributed by atoms with van der Waals surface area (Å²) in [4.78, 5) is 16.7. The van der Waals surface area contributed by atoms with Gasteiger partial charge in [0.2, 0.25) is 0 Å². The van der Waals surface area contributed by atoms with Crippen LogP contribution in [0.25, 0.3) is 26.9 Å². The van der Waals surface area contributed by atoms with E-state index in [2.05, 4.69) is 19.1 Å². The van der Waals surface area contributed by atoms with Gasteiger partial charge in [0.25, 0.3) is 0 Å². The van der Waals surface area contributed by atoms with Crippen LogP contribution in [0.15, 0.2) is 48.5 Å². The average Bonchev–Trinajstić information content (AvgIpc) is 2.94. The van der Waals surface area contributed by atoms with Crippen molar-refractivity contribution in [1.29, 1.82) is 0 Å². The third-order valence-electron chi connectivity index (χ3n) is 3.62. The van der Waals surface area contributed by atoms with E-state index >= 15 is 0 Å². The molecule has 0 atom stereocenters. The molecule has 0 aliphatic heterocycles. The molecule has 3 nitrogen and oxygen atoms in total. The first-order chi connectivity index (χ1) is 11.8. The van der Waals surface area contributed by atoms with E-state index in [1.807, 2.05) is 57.2 Å². The van der Waals surface area contributed by atoms with Crippen LogP contribution in [0.1, 0.15) is 31.9 Å². The molecule has 3 aromatic rings. The van der Waals surface area contributed by atoms with Crippen LogP contribution in [0, 0.1) is 6.92 Å². The molecule has 0 saturated heterocycles. The molecule has 0 spiro atoms. The van der Waals surface area contributed by atoms with Crippen LogP contribution in [0.4, 0.5) is 0 Å². The number of nitrogens with zero attached hydrogens (tertiary/aromatic N) is 1. The van der Waals surface area contributed by atoms with E-state index in [9.17, 15) is 4.79 Å². The molecule has 1 heterocycles. The van der Waals surface area contributed by atoms with Crippen molar-refractivity contribution < 1.29 is 9.53 Å². The van der Waals surface area contributed by atoms with E-state index in [4.69, 9.17) is 9.72 Å². The van der Waals surface area contributed by atoms with Crippen LogP contribution in [0.3, 0.4) is 0 Å². The second kappa shape index (κ2) is 6.81. The Morgan fingerprint density at radius 3 is 2.60 bits per heavy atom. The number of thiazole rings is 1. The lowest BCUT2D eigenvalue weighted by Crippen LogP contribution is -2.22. The second-order valence-electron chi connectivity index (χ2n) is 6.89. The molecule has 0 bridgehead atoms. The molecule has 25 heavy (non-hydrogen) atoms. The maximum atomic E-state index is 12.0. The van der Waals surface area contributed by atoms with Gasteiger partial charge >= 0.3 is 5.97 Å². The van der Waals surface area contributed by atoms with Crippen molar-refractivity contribution >= 4 is 33.6 Å². The molecule has 0 N–H and O–H groups in total. The summed E-state index contributed by atoms with van der Waals surface area (Å²) in [5.41, 5.74) is 3.65. The fourth-order valence-corrected chi connectivity index (χ4v) is 3.69. The SMILES string of the molecule is Cc1cccc(/C=C/C(=O)OC(C)(C)C)c1-c1nc2ccccc2s1. The number of aryl methyl sites for hydroxylation is 1. The van der Waals surface area contributed by atoms with Crippen LogP contribution in [-0.2, 0) is 9.53 Å². The highest BCUT2D eigenvalue weighted by Gasteiger charge is 2.15. The number of hydrogen-bond acceptors (Lipinski definition) is 4. The van der Waals surface area contributed by atoms with Crippen LogP contribution in [-0.4, -0.2) is 16.6 Å². The number of rotatable bonds is 3. The second-order valence-corrected chi connectivity index (χ2v) is 7.92. The minimum absolute atomic E-state index is 0.343. The summed E-state index contributed by atoms with van der Waals surface area (Å²) < 4.78 is 6.50. The van der Waals surface area contributed by atoms with Crippen molar-refractivity contribution in [3.05, 3.63) is 59.7 Å². The zero-order valence-corrected chi connectivity index (χ0v) is 15.7. The lowest BCUT2D eigenvalue weighted by molar-refractivity contribution is -0.148. The summed E-state index contributed by atoms with van der Waals surface area (Å²) in [5.74, 6) is -0.343. The summed E-state index contributed by atoms with van der Waals surface area (Å²) in [6, 6.07) is 14.1. The number of esters is 1. The third-order valence-corrected chi connectivity index (χ3v) is 4.67. The number of para-hydroxylation sites is 1. The van der Waals surface area contributed by atoms with E-state index in [0.29, 0.717) is 0 Å². The van der Waals surface area contributed by atoms with Crippen LogP contribution in [0.5, 0.6) is 0 Å². The quantitative estimate of drug-likeness (QED) is 0.454. The van der Waals surface area contributed by atoms with Crippen molar-refractivity contribution in [3.8, 4) is 10.6 Å². The zero-order chi connectivity index (χ0) is 18.0. The molecule has 0 saturated carbocycles. The van der Waals surface area contributed by atoms with Gasteiger partial charge in [-0.15, -0.1) is 11.3 Å². The lowest BCUT2D eigenvalue weighted by atomic mass is 10.0. The minimum Gasteiger partial charge on any atom is -0.457 e. The Morgan fingerprint density at radius 2 is 1.88 bits per heavy atom. The Labute approximate surface area is 152 Å². The molecule has 1 aromatic heterocycles. The molecule has 0 unspecified atom stereocenters. The molecule has 0 aliphatic rings. The largest absolute Gasteiger partial charge is 0.457 e. The summed E-state index contributed by atoms with van der Waals surface area (Å²) in [7, 11) is 0. The Kier molecular flexibility index (Phi) is 4.73. The smallest absolute Gasteiger partial charge is 0.331 e. The molecule has 0 aliphatic carbocycles. The number of fused-ring (bicyclic) bond motifs is 1. The Balaban J connectivity index is 1.99. The van der Waals surface area contributed by atoms with Crippen molar-refractivity contribution in [2.24, 2.45) is 0 Å². The highest BCUT2D eigenvalue weighted by atomic mass is 32.1. The van der Waals surface area contributed by atoms with Crippen molar-refractivity contribution in [2.75, 3.05) is 0 Å². The van der Waals surface area contributed by atoms with Gasteiger partial charge in [0, 0.05) is 11.6 Å². The highest BCUT2D eigenvalue weighted by molar-refractivity contribution is 7.21. The fraction of sp³-hybridized carbons (Fsp3) is 0.238. The molecular weight excluding hydrogens is 330 g/mol. The molecule has 0 amide bonds. The van der Waals surface area contributed by atoms with Gasteiger partial charge in [-0.05, 0) is 57.0 Å². The predicted octanol–water partition coefficient (Wildman–Crippen LogP) is 5.63. The van der Waals surface area contributed by atoms with Gasteiger partial charge in [-0.3, -0.25) is 0 Å². The number of aromatic nitrogens is 1. The van der Waals surface area contributed by atoms with Crippen LogP contribution >= 0.6 is 11.3 Å². The van der Waals surface area contributed by atoms with Gasteiger partial charge in [0.05, 0.1) is 10.2 Å². The molecule has 3 rings (SSSR count). The van der Waals surface area contributed by atoms with E-state index < -0.39 is 5.60 Å². The van der Waals surface area contributed by atoms with Gasteiger partial charge in [0.1, 0.15) is 10.6 Å². The molecular formula is C21H21NO2S. The molecule has 128 valence electrons. The monoisotopic (exact) mass is 351 g/mol. The number of carbonyl (C=O) groups excluding carboxylic acids is 1. The fourth-order valence-electron chi connectivity index (χ4n) is 2.59. The Morgan fingerprint density at radius 1 is 1.12 bits per heavy atom. The average molecular weight is 351 g/mol. The molecule has 4 heteroatoms. The van der Waals surface area contributed by atoms with Crippen LogP contribution in [0.2, 0.25) is 0 Å². The first kappa shape index (κ1) is 17.4. The summed E-state index contributed by atoms with van der Waals surface area (Å²) in [5, 5.41) is 0.961. The Bertz CT molecular complexity index is 915. The van der Waals surface area contributed by atoms with Gasteiger partial charge < -0.3 is 4.74 Å². The summed E-state index contributed by atoms with van der Waals surface area (Å²) in [6.07, 6.45) is 3.29. The number of carbonyl (C=O) groups is 1. The van der Waals surface area contributed by atoms with Crippen molar-refractivity contribution in [2.45, 2.75) is 33.3 Å². The summed E-state index contributed by atoms with van der Waals surface area (Å²) >= 11 is 1.66. The first-order valence-electron chi connectivity index (χ1n) is 8.20. The van der Waals surface area contributed by atoms with Crippen molar-refractivity contribution in [1.82, 2.24) is 4.98 Å². The zero-order valence-electron chi connectivity index (χ0n) is 14.9. The summed E-state index contributed by atoms with van der Waals surface area (Å²) in [6.45, 7) is 7.64. The predicted molar refractivity (Wildman–Crippen MR) is 105 cm³/mol. The van der Waals surface area contributed by atoms with E-state index in [1.54, 1.807) is 11.3 Å². The standard InChI is InChI=1S/C21H21NO2S/c1-14-8-7-9-15(12-13-18(23)24-21(2,3)4)19(14)20-22-16-10-5-6-11-17(16)25-20/h5-13H,1-4H3/b13-12+. The van der Waals surface area contributed by atoms with Gasteiger partial charge in [-0.1, -0.05) is 30.3 Å². The van der Waals surface area contributed by atoms with Gasteiger partial charge in [0.15, 0.2) is 0 Å². The van der Waals surface area contributed by atoms with E-state index in [0.717, 1.165) is 31.9 Å². The van der Waals surface area contributed by atoms with Crippen molar-refractivity contribution in [3.63, 3.8) is 0 Å².